The summed E-state index contributed by atoms with van der Waals surface area (Å²) in [5.74, 6) is 0.0700. The summed E-state index contributed by atoms with van der Waals surface area (Å²) >= 11 is 0. The zero-order valence-corrected chi connectivity index (χ0v) is 23.6. The molecule has 0 fully saturated rings. The maximum atomic E-state index is 13.6. The molecule has 10 nitrogen and oxygen atoms in total. The molecule has 0 radical (unpaired) electrons. The van der Waals surface area contributed by atoms with Crippen LogP contribution in [0.15, 0.2) is 54.6 Å². The van der Waals surface area contributed by atoms with Gasteiger partial charge in [-0.15, -0.1) is 0 Å². The Labute approximate surface area is 238 Å². The first kappa shape index (κ1) is 29.3. The highest BCUT2D eigenvalue weighted by Gasteiger charge is 2.35. The Balaban J connectivity index is 1.57. The lowest BCUT2D eigenvalue weighted by atomic mass is 9.88. The molecule has 0 spiro atoms. The highest BCUT2D eigenvalue weighted by Crippen LogP contribution is 2.47. The second-order valence-electron chi connectivity index (χ2n) is 9.44. The number of rotatable bonds is 11. The second-order valence-corrected chi connectivity index (χ2v) is 9.44. The van der Waals surface area contributed by atoms with Crippen LogP contribution in [0.4, 0.5) is 0 Å². The minimum atomic E-state index is -0.910. The number of carbonyl (C=O) groups is 3. The van der Waals surface area contributed by atoms with Crippen LogP contribution in [-0.4, -0.2) is 58.7 Å². The number of benzene rings is 3. The van der Waals surface area contributed by atoms with Crippen molar-refractivity contribution < 1.29 is 42.8 Å². The van der Waals surface area contributed by atoms with E-state index in [-0.39, 0.29) is 41.8 Å². The first-order valence-corrected chi connectivity index (χ1v) is 13.0. The van der Waals surface area contributed by atoms with Crippen molar-refractivity contribution in [3.63, 3.8) is 0 Å². The van der Waals surface area contributed by atoms with Gasteiger partial charge >= 0.3 is 5.97 Å². The lowest BCUT2D eigenvalue weighted by Crippen LogP contribution is -2.43. The fourth-order valence-electron chi connectivity index (χ4n) is 4.78. The summed E-state index contributed by atoms with van der Waals surface area (Å²) in [6.45, 7) is 1.47. The number of amides is 1. The van der Waals surface area contributed by atoms with E-state index in [0.717, 1.165) is 11.1 Å². The van der Waals surface area contributed by atoms with Gasteiger partial charge < -0.3 is 33.7 Å². The van der Waals surface area contributed by atoms with Crippen LogP contribution in [0.3, 0.4) is 0 Å². The van der Waals surface area contributed by atoms with Gasteiger partial charge in [0.25, 0.3) is 0 Å². The van der Waals surface area contributed by atoms with E-state index in [1.54, 1.807) is 24.3 Å². The molecule has 3 aromatic carbocycles. The van der Waals surface area contributed by atoms with Crippen molar-refractivity contribution in [2.75, 3.05) is 35.0 Å². The number of ether oxygens (including phenoxy) is 6. The summed E-state index contributed by atoms with van der Waals surface area (Å²) in [7, 11) is 5.87. The molecule has 1 heterocycles. The second kappa shape index (κ2) is 13.1. The van der Waals surface area contributed by atoms with Crippen LogP contribution < -0.4 is 33.7 Å². The molecule has 0 saturated carbocycles. The van der Waals surface area contributed by atoms with E-state index in [4.69, 9.17) is 28.4 Å². The minimum Gasteiger partial charge on any atom is -0.493 e. The molecule has 0 aliphatic carbocycles. The predicted octanol–water partition coefficient (Wildman–Crippen LogP) is 3.81. The third kappa shape index (κ3) is 6.54. The largest absolute Gasteiger partial charge is 0.493 e. The number of nitrogens with one attached hydrogen (secondary N) is 1. The third-order valence-corrected chi connectivity index (χ3v) is 6.72. The lowest BCUT2D eigenvalue weighted by molar-refractivity contribution is -0.139. The number of methoxy groups -OCH3 is 4. The normalized spacial score (nSPS) is 14.7. The maximum absolute atomic E-state index is 13.6. The Kier molecular flexibility index (Phi) is 9.34. The van der Waals surface area contributed by atoms with Gasteiger partial charge in [-0.3, -0.25) is 9.59 Å². The van der Waals surface area contributed by atoms with Gasteiger partial charge in [0, 0.05) is 19.4 Å². The molecule has 1 aliphatic rings. The van der Waals surface area contributed by atoms with Crippen LogP contribution in [0.5, 0.6) is 34.5 Å². The number of carbonyl (C=O) groups excluding carboxylic acids is 3. The van der Waals surface area contributed by atoms with Crippen molar-refractivity contribution in [3.05, 3.63) is 71.3 Å². The van der Waals surface area contributed by atoms with Crippen molar-refractivity contribution in [2.45, 2.75) is 25.8 Å². The summed E-state index contributed by atoms with van der Waals surface area (Å²) < 4.78 is 33.4. The molecule has 3 aromatic rings. The summed E-state index contributed by atoms with van der Waals surface area (Å²) in [6.07, 6.45) is 0.550. The smallest absolute Gasteiger partial charge is 0.334 e. The van der Waals surface area contributed by atoms with Gasteiger partial charge in [-0.25, -0.2) is 4.79 Å². The van der Waals surface area contributed by atoms with Gasteiger partial charge in [0.1, 0.15) is 17.4 Å². The van der Waals surface area contributed by atoms with Crippen LogP contribution in [-0.2, 0) is 22.4 Å². The highest BCUT2D eigenvalue weighted by atomic mass is 16.6. The van der Waals surface area contributed by atoms with Gasteiger partial charge in [-0.05, 0) is 29.7 Å². The van der Waals surface area contributed by atoms with E-state index < -0.39 is 17.9 Å². The molecule has 1 aliphatic heterocycles. The van der Waals surface area contributed by atoms with Gasteiger partial charge in [-0.1, -0.05) is 36.4 Å². The van der Waals surface area contributed by atoms with E-state index in [1.165, 1.54) is 35.4 Å². The molecule has 4 rings (SSSR count). The van der Waals surface area contributed by atoms with Gasteiger partial charge in [0.2, 0.25) is 11.7 Å². The van der Waals surface area contributed by atoms with Crippen LogP contribution >= 0.6 is 0 Å². The Morgan fingerprint density at radius 3 is 2.22 bits per heavy atom. The molecule has 10 heteroatoms. The summed E-state index contributed by atoms with van der Waals surface area (Å²) in [6, 6.07) is 15.1. The molecule has 1 N–H and O–H groups in total. The van der Waals surface area contributed by atoms with Gasteiger partial charge in [-0.2, -0.15) is 0 Å². The molecular formula is C31H33NO9. The molecule has 41 heavy (non-hydrogen) atoms. The summed E-state index contributed by atoms with van der Waals surface area (Å²) in [5, 5.41) is 2.66. The minimum absolute atomic E-state index is 0.132. The zero-order chi connectivity index (χ0) is 29.5. The molecular weight excluding hydrogens is 530 g/mol. The van der Waals surface area contributed by atoms with Crippen molar-refractivity contribution in [1.29, 1.82) is 0 Å². The quantitative estimate of drug-likeness (QED) is 0.274. The fraction of sp³-hybridized carbons (Fsp3) is 0.323. The molecule has 0 saturated heterocycles. The van der Waals surface area contributed by atoms with E-state index in [1.807, 2.05) is 30.3 Å². The summed E-state index contributed by atoms with van der Waals surface area (Å²) in [4.78, 5) is 38.6. The molecule has 2 atom stereocenters. The van der Waals surface area contributed by atoms with Gasteiger partial charge in [0.05, 0.1) is 41.0 Å². The first-order chi connectivity index (χ1) is 19.8. The van der Waals surface area contributed by atoms with Crippen molar-refractivity contribution in [1.82, 2.24) is 5.32 Å². The van der Waals surface area contributed by atoms with E-state index in [0.29, 0.717) is 29.4 Å². The van der Waals surface area contributed by atoms with Crippen molar-refractivity contribution >= 4 is 17.7 Å². The average molecular weight is 564 g/mol. The Morgan fingerprint density at radius 1 is 0.878 bits per heavy atom. The SMILES string of the molecule is COc1ccc(CC2COc3cc(OC)c(OC)c(OC)c3C2=O)cc1OC(=O)[C@H](Cc1ccccc1)NC(C)=O. The number of hydrogen-bond acceptors (Lipinski definition) is 9. The number of esters is 1. The van der Waals surface area contributed by atoms with E-state index in [2.05, 4.69) is 5.32 Å². The van der Waals surface area contributed by atoms with Crippen molar-refractivity contribution in [3.8, 4) is 34.5 Å². The van der Waals surface area contributed by atoms with Crippen LogP contribution in [0.25, 0.3) is 0 Å². The Morgan fingerprint density at radius 2 is 1.59 bits per heavy atom. The molecule has 1 amide bonds. The lowest BCUT2D eigenvalue weighted by Gasteiger charge is -2.27. The summed E-state index contributed by atoms with van der Waals surface area (Å²) in [5.41, 5.74) is 1.86. The number of hydrogen-bond donors (Lipinski definition) is 1. The highest BCUT2D eigenvalue weighted by molar-refractivity contribution is 6.05. The van der Waals surface area contributed by atoms with Gasteiger partial charge in [0.15, 0.2) is 28.8 Å². The molecule has 0 aromatic heterocycles. The number of ketones is 1. The topological polar surface area (TPSA) is 119 Å². The van der Waals surface area contributed by atoms with E-state index in [9.17, 15) is 14.4 Å². The average Bonchev–Trinajstić information content (AvgIpc) is 2.97. The number of fused-ring (bicyclic) bond motifs is 1. The maximum Gasteiger partial charge on any atom is 0.334 e. The molecule has 0 bridgehead atoms. The standard InChI is InChI=1S/C31H33NO9/c1-18(33)32-22(14-19-9-7-6-8-10-19)31(35)41-24-15-20(11-12-23(24)36-2)13-21-17-40-25-16-26(37-3)29(38-4)30(39-5)27(25)28(21)34/h6-12,15-16,21-22H,13-14,17H2,1-5H3,(H,32,33)/t21?,22-/m0/s1. The first-order valence-electron chi connectivity index (χ1n) is 13.0. The van der Waals surface area contributed by atoms with Crippen LogP contribution in [0.2, 0.25) is 0 Å². The van der Waals surface area contributed by atoms with Crippen LogP contribution in [0.1, 0.15) is 28.4 Å². The van der Waals surface area contributed by atoms with Crippen LogP contribution in [0, 0.1) is 5.92 Å². The van der Waals surface area contributed by atoms with E-state index >= 15 is 0 Å². The fourth-order valence-corrected chi connectivity index (χ4v) is 4.78. The monoisotopic (exact) mass is 563 g/mol. The zero-order valence-electron chi connectivity index (χ0n) is 23.6. The Bertz CT molecular complexity index is 1420. The molecule has 1 unspecified atom stereocenters. The predicted molar refractivity (Wildman–Crippen MR) is 149 cm³/mol. The third-order valence-electron chi connectivity index (χ3n) is 6.72. The number of Topliss-reactive ketones (excluding diaryl/α,β-unsaturated/α-hetero) is 1. The Hall–Kier alpha value is -4.73. The molecule has 216 valence electrons. The van der Waals surface area contributed by atoms with Crippen molar-refractivity contribution in [2.24, 2.45) is 5.92 Å².